The van der Waals surface area contributed by atoms with Crippen LogP contribution in [0.3, 0.4) is 0 Å². The van der Waals surface area contributed by atoms with Crippen LogP contribution < -0.4 is 10.2 Å². The number of hydrogen-bond donors (Lipinski definition) is 1. The molecule has 104 valence electrons. The molecule has 0 unspecified atom stereocenters. The summed E-state index contributed by atoms with van der Waals surface area (Å²) in [7, 11) is 2.19. The van der Waals surface area contributed by atoms with E-state index in [0.29, 0.717) is 5.92 Å². The highest BCUT2D eigenvalue weighted by atomic mass is 15.1. The van der Waals surface area contributed by atoms with Crippen molar-refractivity contribution in [2.45, 2.75) is 18.9 Å². The van der Waals surface area contributed by atoms with Gasteiger partial charge in [-0.25, -0.2) is 0 Å². The number of para-hydroxylation sites is 1. The van der Waals surface area contributed by atoms with Crippen LogP contribution in [0.2, 0.25) is 0 Å². The van der Waals surface area contributed by atoms with Crippen LogP contribution in [0, 0.1) is 0 Å². The molecule has 0 aromatic heterocycles. The second-order valence-corrected chi connectivity index (χ2v) is 5.58. The highest BCUT2D eigenvalue weighted by molar-refractivity contribution is 5.56. The highest BCUT2D eigenvalue weighted by Crippen LogP contribution is 2.33. The lowest BCUT2D eigenvalue weighted by Crippen LogP contribution is -2.31. The van der Waals surface area contributed by atoms with E-state index in [1.54, 1.807) is 0 Å². The van der Waals surface area contributed by atoms with Gasteiger partial charge in [-0.05, 0) is 23.6 Å². The van der Waals surface area contributed by atoms with Crippen molar-refractivity contribution in [2.24, 2.45) is 0 Å². The maximum atomic E-state index is 3.61. The molecule has 1 aliphatic rings. The number of nitrogens with one attached hydrogen (secondary N) is 1. The van der Waals surface area contributed by atoms with Crippen LogP contribution in [-0.2, 0) is 6.54 Å². The van der Waals surface area contributed by atoms with E-state index in [-0.39, 0.29) is 0 Å². The zero-order valence-electron chi connectivity index (χ0n) is 12.0. The predicted molar refractivity (Wildman–Crippen MR) is 85.2 cm³/mol. The second-order valence-electron chi connectivity index (χ2n) is 5.58. The molecule has 0 amide bonds. The van der Waals surface area contributed by atoms with Crippen LogP contribution in [-0.4, -0.2) is 20.1 Å². The highest BCUT2D eigenvalue weighted by Gasteiger charge is 2.22. The molecular formula is C18H22N2. The van der Waals surface area contributed by atoms with Gasteiger partial charge in [0.1, 0.15) is 0 Å². The monoisotopic (exact) mass is 266 g/mol. The average molecular weight is 266 g/mol. The van der Waals surface area contributed by atoms with Crippen LogP contribution in [0.5, 0.6) is 0 Å². The molecular weight excluding hydrogens is 244 g/mol. The van der Waals surface area contributed by atoms with Crippen LogP contribution in [0.25, 0.3) is 0 Å². The fraction of sp³-hybridized carbons (Fsp3) is 0.333. The van der Waals surface area contributed by atoms with E-state index in [1.165, 1.54) is 23.2 Å². The van der Waals surface area contributed by atoms with Crippen molar-refractivity contribution in [3.63, 3.8) is 0 Å². The van der Waals surface area contributed by atoms with Crippen LogP contribution in [0.1, 0.15) is 23.5 Å². The van der Waals surface area contributed by atoms with E-state index in [9.17, 15) is 0 Å². The molecule has 2 nitrogen and oxygen atoms in total. The van der Waals surface area contributed by atoms with E-state index in [4.69, 9.17) is 0 Å². The SMILES string of the molecule is CN1CC[C@@H](CNCc2ccccc2)c2ccccc21. The van der Waals surface area contributed by atoms with Gasteiger partial charge in [-0.15, -0.1) is 0 Å². The molecule has 0 spiro atoms. The van der Waals surface area contributed by atoms with Gasteiger partial charge in [-0.3, -0.25) is 0 Å². The van der Waals surface area contributed by atoms with E-state index >= 15 is 0 Å². The number of rotatable bonds is 4. The van der Waals surface area contributed by atoms with Crippen molar-refractivity contribution >= 4 is 5.69 Å². The Morgan fingerprint density at radius 2 is 1.80 bits per heavy atom. The third kappa shape index (κ3) is 2.86. The van der Waals surface area contributed by atoms with Gasteiger partial charge in [0.25, 0.3) is 0 Å². The quantitative estimate of drug-likeness (QED) is 0.912. The minimum atomic E-state index is 0.631. The molecule has 3 rings (SSSR count). The molecule has 0 aliphatic carbocycles. The minimum Gasteiger partial charge on any atom is -0.374 e. The van der Waals surface area contributed by atoms with Crippen molar-refractivity contribution in [2.75, 3.05) is 25.0 Å². The standard InChI is InChI=1S/C18H22N2/c1-20-12-11-16(17-9-5-6-10-18(17)20)14-19-13-15-7-3-2-4-8-15/h2-10,16,19H,11-14H2,1H3/t16-/m0/s1. The lowest BCUT2D eigenvalue weighted by molar-refractivity contribution is 0.533. The summed E-state index contributed by atoms with van der Waals surface area (Å²) in [6.07, 6.45) is 1.23. The fourth-order valence-electron chi connectivity index (χ4n) is 3.00. The Labute approximate surface area is 121 Å². The molecule has 1 heterocycles. The Hall–Kier alpha value is -1.80. The van der Waals surface area contributed by atoms with Gasteiger partial charge in [0.2, 0.25) is 0 Å². The van der Waals surface area contributed by atoms with Crippen molar-refractivity contribution in [1.82, 2.24) is 5.32 Å². The van der Waals surface area contributed by atoms with Gasteiger partial charge in [0.05, 0.1) is 0 Å². The predicted octanol–water partition coefficient (Wildman–Crippen LogP) is 3.40. The van der Waals surface area contributed by atoms with Gasteiger partial charge >= 0.3 is 0 Å². The molecule has 0 saturated heterocycles. The lowest BCUT2D eigenvalue weighted by atomic mass is 9.90. The maximum Gasteiger partial charge on any atom is 0.0399 e. The van der Waals surface area contributed by atoms with Crippen molar-refractivity contribution < 1.29 is 0 Å². The Balaban J connectivity index is 1.63. The summed E-state index contributed by atoms with van der Waals surface area (Å²) in [5, 5.41) is 3.61. The zero-order chi connectivity index (χ0) is 13.8. The van der Waals surface area contributed by atoms with E-state index in [0.717, 1.165) is 19.6 Å². The molecule has 20 heavy (non-hydrogen) atoms. The molecule has 0 fully saturated rings. The van der Waals surface area contributed by atoms with E-state index in [1.807, 2.05) is 0 Å². The third-order valence-corrected chi connectivity index (χ3v) is 4.16. The summed E-state index contributed by atoms with van der Waals surface area (Å²) in [5.41, 5.74) is 4.24. The number of fused-ring (bicyclic) bond motifs is 1. The Morgan fingerprint density at radius 3 is 2.65 bits per heavy atom. The number of hydrogen-bond acceptors (Lipinski definition) is 2. The first kappa shape index (κ1) is 13.2. The topological polar surface area (TPSA) is 15.3 Å². The van der Waals surface area contributed by atoms with Crippen molar-refractivity contribution in [1.29, 1.82) is 0 Å². The summed E-state index contributed by atoms with van der Waals surface area (Å²) in [6, 6.07) is 19.4. The van der Waals surface area contributed by atoms with Crippen LogP contribution in [0.15, 0.2) is 54.6 Å². The van der Waals surface area contributed by atoms with Gasteiger partial charge < -0.3 is 10.2 Å². The molecule has 2 aromatic rings. The van der Waals surface area contributed by atoms with Gasteiger partial charge in [-0.2, -0.15) is 0 Å². The van der Waals surface area contributed by atoms with Crippen molar-refractivity contribution in [3.8, 4) is 0 Å². The smallest absolute Gasteiger partial charge is 0.0399 e. The minimum absolute atomic E-state index is 0.631. The molecule has 0 saturated carbocycles. The first-order valence-corrected chi connectivity index (χ1v) is 7.39. The third-order valence-electron chi connectivity index (χ3n) is 4.16. The largest absolute Gasteiger partial charge is 0.374 e. The normalized spacial score (nSPS) is 17.9. The lowest BCUT2D eigenvalue weighted by Gasteiger charge is -2.33. The number of nitrogens with zero attached hydrogens (tertiary/aromatic N) is 1. The first-order valence-electron chi connectivity index (χ1n) is 7.39. The second kappa shape index (κ2) is 6.10. The molecule has 1 atom stereocenters. The summed E-state index contributed by atoms with van der Waals surface area (Å²) in [4.78, 5) is 2.36. The van der Waals surface area contributed by atoms with E-state index < -0.39 is 0 Å². The fourth-order valence-corrected chi connectivity index (χ4v) is 3.00. The summed E-state index contributed by atoms with van der Waals surface area (Å²) < 4.78 is 0. The maximum absolute atomic E-state index is 3.61. The molecule has 2 aromatic carbocycles. The van der Waals surface area contributed by atoms with Crippen LogP contribution >= 0.6 is 0 Å². The van der Waals surface area contributed by atoms with Crippen molar-refractivity contribution in [3.05, 3.63) is 65.7 Å². The van der Waals surface area contributed by atoms with E-state index in [2.05, 4.69) is 71.9 Å². The Bertz CT molecular complexity index is 550. The van der Waals surface area contributed by atoms with Gasteiger partial charge in [-0.1, -0.05) is 48.5 Å². The first-order chi connectivity index (χ1) is 9.84. The summed E-state index contributed by atoms with van der Waals surface area (Å²) in [6.45, 7) is 3.16. The molecule has 0 bridgehead atoms. The zero-order valence-corrected chi connectivity index (χ0v) is 12.0. The summed E-state index contributed by atoms with van der Waals surface area (Å²) in [5.74, 6) is 0.631. The van der Waals surface area contributed by atoms with Gasteiger partial charge in [0.15, 0.2) is 0 Å². The summed E-state index contributed by atoms with van der Waals surface area (Å²) >= 11 is 0. The number of anilines is 1. The Kier molecular flexibility index (Phi) is 4.03. The molecule has 1 aliphatic heterocycles. The Morgan fingerprint density at radius 1 is 1.05 bits per heavy atom. The molecule has 2 heteroatoms. The average Bonchev–Trinajstić information content (AvgIpc) is 2.51. The number of benzene rings is 2. The van der Waals surface area contributed by atoms with Gasteiger partial charge in [0, 0.05) is 38.3 Å². The molecule has 0 radical (unpaired) electrons. The van der Waals surface area contributed by atoms with Crippen LogP contribution in [0.4, 0.5) is 5.69 Å². The molecule has 1 N–H and O–H groups in total.